The number of hydrogen-bond donors (Lipinski definition) is 5. The fourth-order valence-corrected chi connectivity index (χ4v) is 11.0. The van der Waals surface area contributed by atoms with Gasteiger partial charge in [0.25, 0.3) is 0 Å². The second-order valence-corrected chi connectivity index (χ2v) is 23.1. The summed E-state index contributed by atoms with van der Waals surface area (Å²) in [6, 6.07) is 14.0. The molecule has 0 saturated carbocycles. The number of β-amino-alcohol motifs (C(OH)–C–C–N with tert-alkyl or cyclic N) is 1. The Balaban J connectivity index is 0.740. The van der Waals surface area contributed by atoms with Gasteiger partial charge in [-0.25, -0.2) is 19.3 Å². The standard InChI is InChI=1S/C59H74ClFN12O6S/c1-39-54(80-38-65-39)41-21-19-40(20-22-41)33-62-57(77)50-30-44(74)35-73(50)58(78)55(59(2,3)4)68-53(76)17-12-9-7-5-6-8-10-15-28-72-34-43(69-70-72)36-79-51-32-48-45(56(64-37-63-48)66-42-23-24-47(61)46(60)29-42)31-49(51)67-52(75)18-16-27-71-25-13-11-14-26-71/h16,18-24,29,31-32,34,37-38,44,50,55,74H,5-15,17,25-28,30,33,35-36H2,1-4H3,(H,62,77)(H,67,75)(H,68,76)(H,63,64,66). The van der Waals surface area contributed by atoms with Gasteiger partial charge in [0.1, 0.15) is 48.1 Å². The van der Waals surface area contributed by atoms with Gasteiger partial charge in [0.2, 0.25) is 23.6 Å². The molecule has 3 aromatic heterocycles. The van der Waals surface area contributed by atoms with Gasteiger partial charge in [0.15, 0.2) is 0 Å². The van der Waals surface area contributed by atoms with E-state index in [1.165, 1.54) is 35.9 Å². The van der Waals surface area contributed by atoms with Crippen LogP contribution in [0.5, 0.6) is 5.75 Å². The van der Waals surface area contributed by atoms with Crippen LogP contribution in [-0.4, -0.2) is 113 Å². The Kier molecular flexibility index (Phi) is 21.1. The van der Waals surface area contributed by atoms with Crippen LogP contribution in [0.3, 0.4) is 0 Å². The van der Waals surface area contributed by atoms with E-state index in [1.54, 1.807) is 29.5 Å². The summed E-state index contributed by atoms with van der Waals surface area (Å²) in [5.41, 5.74) is 6.23. The molecule has 0 bridgehead atoms. The fraction of sp³-hybridized carbons (Fsp3) is 0.475. The van der Waals surface area contributed by atoms with Crippen molar-refractivity contribution in [1.29, 1.82) is 0 Å². The number of amides is 4. The van der Waals surface area contributed by atoms with E-state index >= 15 is 0 Å². The summed E-state index contributed by atoms with van der Waals surface area (Å²) in [6.07, 6.45) is 17.5. The predicted molar refractivity (Wildman–Crippen MR) is 310 cm³/mol. The van der Waals surface area contributed by atoms with E-state index in [0.29, 0.717) is 65.5 Å². The second kappa shape index (κ2) is 28.5. The molecule has 3 atom stereocenters. The number of thiazole rings is 1. The van der Waals surface area contributed by atoms with Gasteiger partial charge in [-0.2, -0.15) is 0 Å². The lowest BCUT2D eigenvalue weighted by molar-refractivity contribution is -0.144. The molecule has 2 aliphatic rings. The third kappa shape index (κ3) is 16.8. The number of aliphatic hydroxyl groups is 1. The van der Waals surface area contributed by atoms with Crippen molar-refractivity contribution >= 4 is 74.7 Å². The quantitative estimate of drug-likeness (QED) is 0.0252. The highest BCUT2D eigenvalue weighted by molar-refractivity contribution is 7.13. The van der Waals surface area contributed by atoms with Crippen molar-refractivity contribution in [2.75, 3.05) is 36.8 Å². The van der Waals surface area contributed by atoms with Crippen LogP contribution in [0, 0.1) is 18.2 Å². The summed E-state index contributed by atoms with van der Waals surface area (Å²) >= 11 is 7.63. The highest BCUT2D eigenvalue weighted by Gasteiger charge is 2.44. The van der Waals surface area contributed by atoms with Gasteiger partial charge >= 0.3 is 0 Å². The molecule has 8 rings (SSSR count). The largest absolute Gasteiger partial charge is 0.485 e. The Labute approximate surface area is 476 Å². The molecule has 18 nitrogen and oxygen atoms in total. The lowest BCUT2D eigenvalue weighted by atomic mass is 9.85. The number of hydrogen-bond acceptors (Lipinski definition) is 14. The van der Waals surface area contributed by atoms with E-state index in [1.807, 2.05) is 74.4 Å². The Morgan fingerprint density at radius 1 is 0.938 bits per heavy atom. The number of piperidine rings is 1. The molecule has 2 saturated heterocycles. The number of likely N-dealkylation sites (tertiary alicyclic amines) is 2. The van der Waals surface area contributed by atoms with Crippen molar-refractivity contribution in [3.05, 3.63) is 113 Å². The zero-order chi connectivity index (χ0) is 56.6. The minimum Gasteiger partial charge on any atom is -0.485 e. The van der Waals surface area contributed by atoms with Gasteiger partial charge < -0.3 is 36.0 Å². The van der Waals surface area contributed by atoms with Crippen molar-refractivity contribution in [2.45, 2.75) is 149 Å². The molecule has 0 spiro atoms. The molecule has 426 valence electrons. The van der Waals surface area contributed by atoms with Gasteiger partial charge in [-0.05, 0) is 86.5 Å². The highest BCUT2D eigenvalue weighted by Crippen LogP contribution is 2.35. The Bertz CT molecular complexity index is 3090. The highest BCUT2D eigenvalue weighted by atomic mass is 35.5. The molecule has 0 aliphatic carbocycles. The molecule has 3 unspecified atom stereocenters. The van der Waals surface area contributed by atoms with Crippen LogP contribution in [0.15, 0.2) is 84.8 Å². The lowest BCUT2D eigenvalue weighted by Crippen LogP contribution is -2.57. The molecule has 80 heavy (non-hydrogen) atoms. The number of ether oxygens (including phenoxy) is 1. The average Bonchev–Trinajstić information content (AvgIpc) is 4.23. The number of rotatable bonds is 26. The molecule has 2 aliphatic heterocycles. The summed E-state index contributed by atoms with van der Waals surface area (Å²) in [6.45, 7) is 11.5. The van der Waals surface area contributed by atoms with Crippen LogP contribution in [0.1, 0.15) is 121 Å². The molecule has 0 radical (unpaired) electrons. The number of nitrogens with one attached hydrogen (secondary N) is 4. The molecular weight excluding hydrogens is 1060 g/mol. The first-order valence-corrected chi connectivity index (χ1v) is 29.1. The van der Waals surface area contributed by atoms with E-state index in [2.05, 4.69) is 51.4 Å². The summed E-state index contributed by atoms with van der Waals surface area (Å²) in [5, 5.41) is 32.0. The molecule has 5 N–H and O–H groups in total. The number of nitrogens with zero attached hydrogens (tertiary/aromatic N) is 8. The van der Waals surface area contributed by atoms with Gasteiger partial charge in [-0.1, -0.05) is 113 Å². The first-order chi connectivity index (χ1) is 38.6. The van der Waals surface area contributed by atoms with Crippen LogP contribution in [0.2, 0.25) is 5.02 Å². The number of anilines is 3. The Hall–Kier alpha value is -6.87. The third-order valence-corrected chi connectivity index (χ3v) is 15.7. The van der Waals surface area contributed by atoms with Crippen LogP contribution < -0.4 is 26.0 Å². The zero-order valence-corrected chi connectivity index (χ0v) is 47.8. The van der Waals surface area contributed by atoms with E-state index in [0.717, 1.165) is 92.6 Å². The number of benzene rings is 3. The van der Waals surface area contributed by atoms with Crippen molar-refractivity contribution < 1.29 is 33.4 Å². The monoisotopic (exact) mass is 1130 g/mol. The molecule has 5 heterocycles. The molecule has 21 heteroatoms. The number of aromatic nitrogens is 6. The number of fused-ring (bicyclic) bond motifs is 1. The van der Waals surface area contributed by atoms with E-state index in [9.17, 15) is 28.7 Å². The van der Waals surface area contributed by atoms with Crippen LogP contribution in [-0.2, 0) is 38.9 Å². The van der Waals surface area contributed by atoms with E-state index in [-0.39, 0.29) is 54.8 Å². The van der Waals surface area contributed by atoms with Crippen LogP contribution in [0.25, 0.3) is 21.3 Å². The van der Waals surface area contributed by atoms with Crippen molar-refractivity contribution in [1.82, 2.24) is 50.4 Å². The van der Waals surface area contributed by atoms with Crippen molar-refractivity contribution in [2.24, 2.45) is 5.41 Å². The number of carbonyl (C=O) groups excluding carboxylic acids is 4. The SMILES string of the molecule is Cc1ncsc1-c1ccc(CNC(=O)C2CC(O)CN2C(=O)C(NC(=O)CCCCCCCCCCn2cc(COc3cc4ncnc(Nc5ccc(F)c(Cl)c5)c4cc3NC(=O)C=CCN3CCCCC3)nn2)C(C)(C)C)cc1. The molecule has 6 aromatic rings. The summed E-state index contributed by atoms with van der Waals surface area (Å²) in [5.74, 6) is -0.949. The van der Waals surface area contributed by atoms with Crippen molar-refractivity contribution in [3.63, 3.8) is 0 Å². The maximum Gasteiger partial charge on any atom is 0.248 e. The maximum absolute atomic E-state index is 14.1. The number of carbonyl (C=O) groups is 4. The van der Waals surface area contributed by atoms with Gasteiger partial charge in [0, 0.05) is 62.2 Å². The predicted octanol–water partition coefficient (Wildman–Crippen LogP) is 10.1. The first kappa shape index (κ1) is 59.3. The van der Waals surface area contributed by atoms with Gasteiger partial charge in [-0.15, -0.1) is 16.4 Å². The second-order valence-electron chi connectivity index (χ2n) is 21.9. The van der Waals surface area contributed by atoms with Gasteiger partial charge in [0.05, 0.1) is 44.6 Å². The first-order valence-electron chi connectivity index (χ1n) is 27.9. The minimum absolute atomic E-state index is 0.0213. The molecule has 2 fully saturated rings. The molecule has 4 amide bonds. The number of halogens is 2. The average molecular weight is 1130 g/mol. The Morgan fingerprint density at radius 3 is 2.41 bits per heavy atom. The minimum atomic E-state index is -0.867. The number of aliphatic hydroxyl groups excluding tert-OH is 1. The van der Waals surface area contributed by atoms with Crippen molar-refractivity contribution in [3.8, 4) is 16.2 Å². The number of aryl methyl sites for hydroxylation is 2. The fourth-order valence-electron chi connectivity index (χ4n) is 10.0. The smallest absolute Gasteiger partial charge is 0.248 e. The van der Waals surface area contributed by atoms with Gasteiger partial charge in [-0.3, -0.25) is 28.8 Å². The van der Waals surface area contributed by atoms with E-state index in [4.69, 9.17) is 16.3 Å². The topological polar surface area (TPSA) is 222 Å². The summed E-state index contributed by atoms with van der Waals surface area (Å²) < 4.78 is 22.0. The van der Waals surface area contributed by atoms with Crippen LogP contribution in [0.4, 0.5) is 21.6 Å². The number of unbranched alkanes of at least 4 members (excludes halogenated alkanes) is 7. The third-order valence-electron chi connectivity index (χ3n) is 14.5. The summed E-state index contributed by atoms with van der Waals surface area (Å²) in [7, 11) is 0. The Morgan fingerprint density at radius 2 is 1.69 bits per heavy atom. The molecular formula is C59H74ClFN12O6S. The summed E-state index contributed by atoms with van der Waals surface area (Å²) in [4.78, 5) is 72.2. The van der Waals surface area contributed by atoms with E-state index < -0.39 is 29.4 Å². The lowest BCUT2D eigenvalue weighted by Gasteiger charge is -2.35. The maximum atomic E-state index is 14.1. The normalized spacial score (nSPS) is 16.3. The molecule has 3 aromatic carbocycles. The zero-order valence-electron chi connectivity index (χ0n) is 46.2. The van der Waals surface area contributed by atoms with Crippen LogP contribution >= 0.6 is 22.9 Å².